The monoisotopic (exact) mass is 282 g/mol. The molecule has 1 heterocycles. The number of hydrogen-bond donors (Lipinski definition) is 2. The third kappa shape index (κ3) is 3.38. The van der Waals surface area contributed by atoms with E-state index >= 15 is 0 Å². The predicted octanol–water partition coefficient (Wildman–Crippen LogP) is 2.21. The van der Waals surface area contributed by atoms with E-state index in [0.717, 1.165) is 31.4 Å². The van der Waals surface area contributed by atoms with Crippen molar-refractivity contribution in [2.45, 2.75) is 38.6 Å². The molecule has 5 heteroatoms. The van der Waals surface area contributed by atoms with Gasteiger partial charge in [-0.2, -0.15) is 0 Å². The smallest absolute Gasteiger partial charge is 0.256 e. The summed E-state index contributed by atoms with van der Waals surface area (Å²) in [6.07, 6.45) is 5.72. The molecule has 1 fully saturated rings. The molecule has 104 valence electrons. The van der Waals surface area contributed by atoms with Crippen molar-refractivity contribution in [3.05, 3.63) is 33.7 Å². The molecule has 1 amide bonds. The lowest BCUT2D eigenvalue weighted by atomic mass is 9.85. The molecular weight excluding hydrogens is 264 g/mol. The van der Waals surface area contributed by atoms with Crippen LogP contribution in [0, 0.1) is 12.8 Å². The topological polar surface area (TPSA) is 62.0 Å². The van der Waals surface area contributed by atoms with Crippen LogP contribution in [0.25, 0.3) is 0 Å². The summed E-state index contributed by atoms with van der Waals surface area (Å²) in [5.74, 6) is 0.557. The average molecular weight is 283 g/mol. The van der Waals surface area contributed by atoms with E-state index in [2.05, 4.69) is 10.3 Å². The number of aromatic nitrogens is 1. The number of hydrogen-bond acceptors (Lipinski definition) is 2. The Morgan fingerprint density at radius 1 is 1.47 bits per heavy atom. The summed E-state index contributed by atoms with van der Waals surface area (Å²) in [6.45, 7) is 1.79. The van der Waals surface area contributed by atoms with Gasteiger partial charge < -0.3 is 10.3 Å². The Labute approximate surface area is 117 Å². The Morgan fingerprint density at radius 3 is 2.89 bits per heavy atom. The first kappa shape index (κ1) is 14.1. The highest BCUT2D eigenvalue weighted by atomic mass is 35.5. The van der Waals surface area contributed by atoms with E-state index < -0.39 is 0 Å². The normalized spacial score (nSPS) is 23.1. The van der Waals surface area contributed by atoms with Crippen LogP contribution in [0.3, 0.4) is 0 Å². The number of nitrogens with one attached hydrogen (secondary N) is 2. The third-order valence-electron chi connectivity index (χ3n) is 3.73. The van der Waals surface area contributed by atoms with Gasteiger partial charge in [-0.05, 0) is 25.7 Å². The zero-order valence-corrected chi connectivity index (χ0v) is 11.8. The van der Waals surface area contributed by atoms with Gasteiger partial charge in [0.25, 0.3) is 5.91 Å². The molecule has 0 aliphatic heterocycles. The summed E-state index contributed by atoms with van der Waals surface area (Å²) in [5.41, 5.74) is 0.675. The van der Waals surface area contributed by atoms with Crippen LogP contribution in [0.5, 0.6) is 0 Å². The van der Waals surface area contributed by atoms with Crippen molar-refractivity contribution in [1.29, 1.82) is 0 Å². The Balaban J connectivity index is 2.09. The summed E-state index contributed by atoms with van der Waals surface area (Å²) in [7, 11) is 0. The largest absolute Gasteiger partial charge is 0.364 e. The van der Waals surface area contributed by atoms with Crippen LogP contribution in [-0.2, 0) is 0 Å². The summed E-state index contributed by atoms with van der Waals surface area (Å²) < 4.78 is 0. The maximum atomic E-state index is 12.1. The van der Waals surface area contributed by atoms with Gasteiger partial charge in [0.15, 0.2) is 5.43 Å². The Bertz CT molecular complexity index is 512. The van der Waals surface area contributed by atoms with E-state index in [9.17, 15) is 9.59 Å². The van der Waals surface area contributed by atoms with Gasteiger partial charge in [0, 0.05) is 29.9 Å². The van der Waals surface area contributed by atoms with Crippen LogP contribution in [0.2, 0.25) is 0 Å². The molecule has 2 atom stereocenters. The van der Waals surface area contributed by atoms with Crippen LogP contribution in [-0.4, -0.2) is 22.8 Å². The van der Waals surface area contributed by atoms with E-state index in [-0.39, 0.29) is 22.9 Å². The second-order valence-corrected chi connectivity index (χ2v) is 5.48. The number of H-pyrrole nitrogens is 1. The van der Waals surface area contributed by atoms with E-state index in [4.69, 9.17) is 11.6 Å². The maximum absolute atomic E-state index is 12.1. The Kier molecular flexibility index (Phi) is 4.64. The van der Waals surface area contributed by atoms with Gasteiger partial charge in [-0.15, -0.1) is 11.6 Å². The average Bonchev–Trinajstić information content (AvgIpc) is 2.39. The summed E-state index contributed by atoms with van der Waals surface area (Å²) >= 11 is 5.94. The van der Waals surface area contributed by atoms with E-state index in [1.165, 1.54) is 12.3 Å². The van der Waals surface area contributed by atoms with E-state index in [1.807, 2.05) is 0 Å². The van der Waals surface area contributed by atoms with Gasteiger partial charge >= 0.3 is 0 Å². The molecule has 2 rings (SSSR count). The van der Waals surface area contributed by atoms with Crippen molar-refractivity contribution < 1.29 is 4.79 Å². The standard InChI is InChI=1S/C14H19ClN2O2/c1-9-6-13(18)11(8-16-9)14(19)17-12-5-3-2-4-10(12)7-15/h6,8,10,12H,2-5,7H2,1H3,(H,16,18)(H,17,19). The number of aromatic amines is 1. The number of amides is 1. The molecule has 0 radical (unpaired) electrons. The molecule has 2 unspecified atom stereocenters. The van der Waals surface area contributed by atoms with Gasteiger partial charge in [0.05, 0.1) is 0 Å². The SMILES string of the molecule is Cc1cc(=O)c(C(=O)NC2CCCCC2CCl)c[nH]1. The van der Waals surface area contributed by atoms with Crippen LogP contribution in [0.4, 0.5) is 0 Å². The Morgan fingerprint density at radius 2 is 2.21 bits per heavy atom. The summed E-state index contributed by atoms with van der Waals surface area (Å²) in [5, 5.41) is 2.95. The van der Waals surface area contributed by atoms with Gasteiger partial charge in [-0.3, -0.25) is 9.59 Å². The van der Waals surface area contributed by atoms with Crippen molar-refractivity contribution in [3.63, 3.8) is 0 Å². The number of pyridine rings is 1. The van der Waals surface area contributed by atoms with Crippen LogP contribution in [0.15, 0.2) is 17.1 Å². The number of carbonyl (C=O) groups is 1. The molecule has 1 aliphatic rings. The van der Waals surface area contributed by atoms with Crippen molar-refractivity contribution in [2.24, 2.45) is 5.92 Å². The zero-order valence-electron chi connectivity index (χ0n) is 11.0. The quantitative estimate of drug-likeness (QED) is 0.835. The zero-order chi connectivity index (χ0) is 13.8. The second-order valence-electron chi connectivity index (χ2n) is 5.17. The van der Waals surface area contributed by atoms with Gasteiger partial charge in [-0.1, -0.05) is 12.8 Å². The molecule has 0 saturated heterocycles. The predicted molar refractivity (Wildman–Crippen MR) is 75.7 cm³/mol. The first-order valence-corrected chi connectivity index (χ1v) is 7.21. The lowest BCUT2D eigenvalue weighted by Crippen LogP contribution is -2.44. The highest BCUT2D eigenvalue weighted by molar-refractivity contribution is 6.18. The highest BCUT2D eigenvalue weighted by Crippen LogP contribution is 2.25. The fourth-order valence-electron chi connectivity index (χ4n) is 2.58. The van der Waals surface area contributed by atoms with Crippen molar-refractivity contribution in [1.82, 2.24) is 10.3 Å². The minimum atomic E-state index is -0.303. The van der Waals surface area contributed by atoms with Gasteiger partial charge in [0.1, 0.15) is 5.56 Å². The minimum Gasteiger partial charge on any atom is -0.364 e. The van der Waals surface area contributed by atoms with Crippen LogP contribution >= 0.6 is 11.6 Å². The molecule has 19 heavy (non-hydrogen) atoms. The Hall–Kier alpha value is -1.29. The molecule has 4 nitrogen and oxygen atoms in total. The van der Waals surface area contributed by atoms with Crippen molar-refractivity contribution in [2.75, 3.05) is 5.88 Å². The van der Waals surface area contributed by atoms with Crippen molar-refractivity contribution >= 4 is 17.5 Å². The first-order valence-electron chi connectivity index (χ1n) is 6.68. The number of aryl methyl sites for hydroxylation is 1. The highest BCUT2D eigenvalue weighted by Gasteiger charge is 2.26. The summed E-state index contributed by atoms with van der Waals surface area (Å²) in [6, 6.07) is 1.52. The molecule has 0 spiro atoms. The fraction of sp³-hybridized carbons (Fsp3) is 0.571. The number of halogens is 1. The number of alkyl halides is 1. The molecule has 1 aromatic rings. The fourth-order valence-corrected chi connectivity index (χ4v) is 2.95. The molecule has 1 aliphatic carbocycles. The van der Waals surface area contributed by atoms with E-state index in [0.29, 0.717) is 11.8 Å². The number of rotatable bonds is 3. The van der Waals surface area contributed by atoms with Crippen molar-refractivity contribution in [3.8, 4) is 0 Å². The molecule has 0 aromatic carbocycles. The lowest BCUT2D eigenvalue weighted by molar-refractivity contribution is 0.0909. The van der Waals surface area contributed by atoms with E-state index in [1.54, 1.807) is 6.92 Å². The number of carbonyl (C=O) groups excluding carboxylic acids is 1. The molecule has 2 N–H and O–H groups in total. The van der Waals surface area contributed by atoms with Crippen LogP contribution < -0.4 is 10.7 Å². The first-order chi connectivity index (χ1) is 9.11. The molecule has 1 saturated carbocycles. The lowest BCUT2D eigenvalue weighted by Gasteiger charge is -2.30. The third-order valence-corrected chi connectivity index (χ3v) is 4.12. The molecule has 1 aromatic heterocycles. The summed E-state index contributed by atoms with van der Waals surface area (Å²) in [4.78, 5) is 26.8. The molecule has 0 bridgehead atoms. The van der Waals surface area contributed by atoms with Crippen LogP contribution in [0.1, 0.15) is 41.7 Å². The minimum absolute atomic E-state index is 0.0828. The van der Waals surface area contributed by atoms with Gasteiger partial charge in [-0.25, -0.2) is 0 Å². The van der Waals surface area contributed by atoms with Gasteiger partial charge in [0.2, 0.25) is 0 Å². The maximum Gasteiger partial charge on any atom is 0.256 e. The second kappa shape index (κ2) is 6.24. The molecular formula is C14H19ClN2O2.